The van der Waals surface area contributed by atoms with Gasteiger partial charge in [-0.3, -0.25) is 0 Å². The Morgan fingerprint density at radius 2 is 2.00 bits per heavy atom. The molecule has 0 fully saturated rings. The van der Waals surface area contributed by atoms with Crippen LogP contribution in [0, 0.1) is 0 Å². The molecule has 3 nitrogen and oxygen atoms in total. The van der Waals surface area contributed by atoms with Crippen LogP contribution < -0.4 is 0 Å². The molecule has 1 atom stereocenters. The molecular formula is C9H8NO2PS. The van der Waals surface area contributed by atoms with Crippen molar-refractivity contribution in [3.63, 3.8) is 0 Å². The molecule has 0 saturated heterocycles. The number of isothiocyanates is 1. The first-order valence-corrected chi connectivity index (χ1v) is 5.64. The van der Waals surface area contributed by atoms with Gasteiger partial charge in [0.2, 0.25) is 0 Å². The highest BCUT2D eigenvalue weighted by molar-refractivity contribution is 7.78. The van der Waals surface area contributed by atoms with Crippen molar-refractivity contribution in [3.8, 4) is 0 Å². The van der Waals surface area contributed by atoms with Gasteiger partial charge in [0.25, 0.3) is 0 Å². The van der Waals surface area contributed by atoms with E-state index in [1.807, 2.05) is 30.3 Å². The molecule has 72 valence electrons. The summed E-state index contributed by atoms with van der Waals surface area (Å²) < 4.78 is 21.5. The third-order valence-corrected chi connectivity index (χ3v) is 2.60. The van der Waals surface area contributed by atoms with Gasteiger partial charge < -0.3 is 0 Å². The SMILES string of the molecule is O=P(=O)C(Cc1ccccc1)N=C=S. The van der Waals surface area contributed by atoms with E-state index in [1.165, 1.54) is 0 Å². The first-order valence-electron chi connectivity index (χ1n) is 3.98. The lowest BCUT2D eigenvalue weighted by molar-refractivity contribution is 0.504. The Labute approximate surface area is 87.7 Å². The summed E-state index contributed by atoms with van der Waals surface area (Å²) in [6.45, 7) is 0. The second-order valence-electron chi connectivity index (χ2n) is 2.68. The quantitative estimate of drug-likeness (QED) is 0.449. The van der Waals surface area contributed by atoms with Crippen molar-refractivity contribution in [1.29, 1.82) is 0 Å². The lowest BCUT2D eigenvalue weighted by Crippen LogP contribution is -2.00. The number of aliphatic imine (C=N–C) groups is 1. The van der Waals surface area contributed by atoms with Gasteiger partial charge in [0.05, 0.1) is 5.16 Å². The summed E-state index contributed by atoms with van der Waals surface area (Å²) in [4.78, 5) is 3.59. The molecule has 0 aliphatic heterocycles. The Morgan fingerprint density at radius 3 is 2.50 bits per heavy atom. The third-order valence-electron chi connectivity index (χ3n) is 1.71. The molecule has 0 saturated carbocycles. The molecule has 1 aromatic carbocycles. The van der Waals surface area contributed by atoms with Crippen LogP contribution in [0.25, 0.3) is 0 Å². The Balaban J connectivity index is 2.80. The average molecular weight is 225 g/mol. The van der Waals surface area contributed by atoms with E-state index in [9.17, 15) is 9.13 Å². The van der Waals surface area contributed by atoms with E-state index in [1.54, 1.807) is 0 Å². The summed E-state index contributed by atoms with van der Waals surface area (Å²) >= 11 is 4.38. The molecule has 0 N–H and O–H groups in total. The smallest absolute Gasteiger partial charge is 0.235 e. The van der Waals surface area contributed by atoms with Crippen LogP contribution in [0.4, 0.5) is 0 Å². The summed E-state index contributed by atoms with van der Waals surface area (Å²) in [6, 6.07) is 9.28. The van der Waals surface area contributed by atoms with Crippen LogP contribution in [-0.2, 0) is 15.6 Å². The zero-order chi connectivity index (χ0) is 10.4. The van der Waals surface area contributed by atoms with E-state index in [0.717, 1.165) is 5.56 Å². The fourth-order valence-corrected chi connectivity index (χ4v) is 1.77. The second kappa shape index (κ2) is 5.61. The maximum absolute atomic E-state index is 10.8. The zero-order valence-corrected chi connectivity index (χ0v) is 9.00. The number of thiocarbonyl (C=S) groups is 1. The van der Waals surface area contributed by atoms with E-state index < -0.39 is 13.5 Å². The Kier molecular flexibility index (Phi) is 4.41. The van der Waals surface area contributed by atoms with E-state index in [-0.39, 0.29) is 0 Å². The average Bonchev–Trinajstić information content (AvgIpc) is 2.18. The monoisotopic (exact) mass is 225 g/mol. The Bertz CT molecular complexity index is 402. The van der Waals surface area contributed by atoms with Gasteiger partial charge in [-0.25, -0.2) is 14.1 Å². The Hall–Kier alpha value is -1.08. The zero-order valence-electron chi connectivity index (χ0n) is 7.29. The maximum Gasteiger partial charge on any atom is 0.342 e. The van der Waals surface area contributed by atoms with Gasteiger partial charge >= 0.3 is 7.68 Å². The van der Waals surface area contributed by atoms with Gasteiger partial charge in [0.1, 0.15) is 0 Å². The van der Waals surface area contributed by atoms with Crippen molar-refractivity contribution in [2.45, 2.75) is 12.2 Å². The highest BCUT2D eigenvalue weighted by atomic mass is 32.1. The van der Waals surface area contributed by atoms with Crippen molar-refractivity contribution in [3.05, 3.63) is 35.9 Å². The van der Waals surface area contributed by atoms with E-state index in [2.05, 4.69) is 22.4 Å². The topological polar surface area (TPSA) is 46.5 Å². The molecule has 0 heterocycles. The standard InChI is InChI=1S/C9H8NO2PS/c11-13(12)9(10-7-14)6-8-4-2-1-3-5-8/h1-5,9H,6H2. The van der Waals surface area contributed by atoms with E-state index in [4.69, 9.17) is 0 Å². The molecule has 1 unspecified atom stereocenters. The molecule has 1 aromatic rings. The summed E-state index contributed by atoms with van der Waals surface area (Å²) in [5.74, 6) is -0.787. The molecule has 0 aliphatic rings. The van der Waals surface area contributed by atoms with E-state index >= 15 is 0 Å². The van der Waals surface area contributed by atoms with Crippen molar-refractivity contribution >= 4 is 25.1 Å². The largest absolute Gasteiger partial charge is 0.342 e. The number of hydrogen-bond donors (Lipinski definition) is 0. The van der Waals surface area contributed by atoms with Crippen molar-refractivity contribution in [2.24, 2.45) is 4.99 Å². The molecule has 0 spiro atoms. The molecular weight excluding hydrogens is 217 g/mol. The number of nitrogens with zero attached hydrogens (tertiary/aromatic N) is 1. The van der Waals surface area contributed by atoms with Gasteiger partial charge in [-0.05, 0) is 17.8 Å². The minimum Gasteiger partial charge on any atom is -0.235 e. The van der Waals surface area contributed by atoms with Crippen LogP contribution in [0.2, 0.25) is 0 Å². The van der Waals surface area contributed by atoms with Gasteiger partial charge in [0.15, 0.2) is 5.78 Å². The van der Waals surface area contributed by atoms with Crippen LogP contribution in [0.5, 0.6) is 0 Å². The molecule has 1 rings (SSSR count). The number of rotatable bonds is 4. The highest BCUT2D eigenvalue weighted by Gasteiger charge is 2.12. The Morgan fingerprint density at radius 1 is 1.36 bits per heavy atom. The van der Waals surface area contributed by atoms with Crippen LogP contribution in [0.3, 0.4) is 0 Å². The van der Waals surface area contributed by atoms with Crippen molar-refractivity contribution < 1.29 is 9.13 Å². The highest BCUT2D eigenvalue weighted by Crippen LogP contribution is 2.20. The fourth-order valence-electron chi connectivity index (χ4n) is 1.05. The molecule has 14 heavy (non-hydrogen) atoms. The van der Waals surface area contributed by atoms with Crippen LogP contribution in [0.15, 0.2) is 35.3 Å². The molecule has 0 aromatic heterocycles. The predicted octanol–water partition coefficient (Wildman–Crippen LogP) is 2.83. The van der Waals surface area contributed by atoms with Gasteiger partial charge in [-0.1, -0.05) is 30.3 Å². The minimum absolute atomic E-state index is 0.350. The fraction of sp³-hybridized carbons (Fsp3) is 0.222. The predicted molar refractivity (Wildman–Crippen MR) is 57.3 cm³/mol. The molecule has 5 heteroatoms. The van der Waals surface area contributed by atoms with Crippen LogP contribution in [0.1, 0.15) is 5.56 Å². The summed E-state index contributed by atoms with van der Waals surface area (Å²) in [5, 5.41) is 2.09. The number of hydrogen-bond acceptors (Lipinski definition) is 4. The van der Waals surface area contributed by atoms with Gasteiger partial charge in [-0.2, -0.15) is 0 Å². The van der Waals surface area contributed by atoms with Crippen molar-refractivity contribution in [2.75, 3.05) is 0 Å². The summed E-state index contributed by atoms with van der Waals surface area (Å²) in [5.41, 5.74) is 0.922. The van der Waals surface area contributed by atoms with Gasteiger partial charge in [-0.15, -0.1) is 0 Å². The van der Waals surface area contributed by atoms with Crippen LogP contribution >= 0.6 is 19.9 Å². The molecule has 0 radical (unpaired) electrons. The maximum atomic E-state index is 10.8. The summed E-state index contributed by atoms with van der Waals surface area (Å²) in [6.07, 6.45) is 0.350. The van der Waals surface area contributed by atoms with E-state index in [0.29, 0.717) is 6.42 Å². The van der Waals surface area contributed by atoms with Crippen molar-refractivity contribution in [1.82, 2.24) is 0 Å². The lowest BCUT2D eigenvalue weighted by atomic mass is 10.1. The number of benzene rings is 1. The summed E-state index contributed by atoms with van der Waals surface area (Å²) in [7, 11) is -2.59. The first kappa shape index (κ1) is 11.0. The lowest BCUT2D eigenvalue weighted by Gasteiger charge is -2.01. The molecule has 0 amide bonds. The third kappa shape index (κ3) is 3.35. The minimum atomic E-state index is -2.59. The van der Waals surface area contributed by atoms with Gasteiger partial charge in [0, 0.05) is 6.42 Å². The first-order chi connectivity index (χ1) is 6.74. The normalized spacial score (nSPS) is 11.4. The van der Waals surface area contributed by atoms with Crippen LogP contribution in [-0.4, -0.2) is 10.9 Å². The second-order valence-corrected chi connectivity index (χ2v) is 4.03. The molecule has 0 bridgehead atoms. The molecule has 0 aliphatic carbocycles.